The first-order valence-electron chi connectivity index (χ1n) is 9.86. The molecule has 0 spiro atoms. The number of rotatable bonds is 9. The molecule has 0 unspecified atom stereocenters. The number of sulfonamides is 1. The van der Waals surface area contributed by atoms with E-state index in [1.165, 1.54) is 0 Å². The maximum atomic E-state index is 12.7. The number of thioether (sulfide) groups is 1. The standard InChI is InChI=1S/C21H24Cl2N2O5S2/c1-14(21(26)24-8-11-31-13-16-17(22)4-3-5-18(16)23)25(32(2,27)28)15-6-7-19-20(12-15)30-10-9-29-19/h3-7,12,14H,8-11,13H2,1-2H3,(H,24,26)/t14-/m1/s1. The third-order valence-corrected chi connectivity index (χ3v) is 7.66. The summed E-state index contributed by atoms with van der Waals surface area (Å²) in [5.41, 5.74) is 1.18. The highest BCUT2D eigenvalue weighted by molar-refractivity contribution is 7.98. The van der Waals surface area contributed by atoms with E-state index >= 15 is 0 Å². The first kappa shape index (κ1) is 24.8. The largest absolute Gasteiger partial charge is 0.486 e. The van der Waals surface area contributed by atoms with Crippen molar-refractivity contribution in [3.05, 3.63) is 52.0 Å². The number of nitrogens with one attached hydrogen (secondary N) is 1. The molecule has 2 aromatic rings. The molecule has 0 saturated carbocycles. The van der Waals surface area contributed by atoms with Crippen LogP contribution in [0.4, 0.5) is 5.69 Å². The normalized spacial score (nSPS) is 14.0. The van der Waals surface area contributed by atoms with E-state index in [2.05, 4.69) is 5.32 Å². The van der Waals surface area contributed by atoms with Gasteiger partial charge in [0.15, 0.2) is 11.5 Å². The van der Waals surface area contributed by atoms with Gasteiger partial charge in [0.25, 0.3) is 0 Å². The van der Waals surface area contributed by atoms with Crippen molar-refractivity contribution in [1.29, 1.82) is 0 Å². The minimum Gasteiger partial charge on any atom is -0.486 e. The van der Waals surface area contributed by atoms with E-state index in [0.717, 1.165) is 16.1 Å². The smallest absolute Gasteiger partial charge is 0.243 e. The zero-order valence-corrected chi connectivity index (χ0v) is 20.8. The Morgan fingerprint density at radius 1 is 1.16 bits per heavy atom. The molecule has 2 aromatic carbocycles. The lowest BCUT2D eigenvalue weighted by Crippen LogP contribution is -2.48. The molecule has 174 valence electrons. The lowest BCUT2D eigenvalue weighted by molar-refractivity contribution is -0.121. The second-order valence-electron chi connectivity index (χ2n) is 7.11. The van der Waals surface area contributed by atoms with Crippen LogP contribution in [-0.2, 0) is 20.6 Å². The molecule has 1 amide bonds. The summed E-state index contributed by atoms with van der Waals surface area (Å²) in [4.78, 5) is 12.7. The molecule has 1 N–H and O–H groups in total. The number of hydrogen-bond acceptors (Lipinski definition) is 6. The molecule has 3 rings (SSSR count). The highest BCUT2D eigenvalue weighted by Crippen LogP contribution is 2.35. The van der Waals surface area contributed by atoms with Crippen LogP contribution in [0.1, 0.15) is 12.5 Å². The van der Waals surface area contributed by atoms with Gasteiger partial charge in [-0.2, -0.15) is 11.8 Å². The summed E-state index contributed by atoms with van der Waals surface area (Å²) in [6.07, 6.45) is 1.07. The van der Waals surface area contributed by atoms with E-state index in [4.69, 9.17) is 32.7 Å². The van der Waals surface area contributed by atoms with E-state index in [-0.39, 0.29) is 0 Å². The molecular formula is C21H24Cl2N2O5S2. The fraction of sp³-hybridized carbons (Fsp3) is 0.381. The topological polar surface area (TPSA) is 84.9 Å². The fourth-order valence-corrected chi connectivity index (χ4v) is 5.98. The number of benzene rings is 2. The molecule has 0 radical (unpaired) electrons. The molecule has 0 saturated heterocycles. The molecule has 11 heteroatoms. The Bertz CT molecular complexity index is 1060. The summed E-state index contributed by atoms with van der Waals surface area (Å²) in [6, 6.07) is 9.22. The van der Waals surface area contributed by atoms with Crippen LogP contribution in [0.2, 0.25) is 10.0 Å². The Morgan fingerprint density at radius 3 is 2.47 bits per heavy atom. The summed E-state index contributed by atoms with van der Waals surface area (Å²) in [5.74, 6) is 1.81. The molecule has 0 fully saturated rings. The van der Waals surface area contributed by atoms with Crippen molar-refractivity contribution in [3.8, 4) is 11.5 Å². The van der Waals surface area contributed by atoms with Gasteiger partial charge in [-0.25, -0.2) is 8.42 Å². The zero-order valence-electron chi connectivity index (χ0n) is 17.6. The van der Waals surface area contributed by atoms with Crippen LogP contribution in [0.5, 0.6) is 11.5 Å². The summed E-state index contributed by atoms with van der Waals surface area (Å²) < 4.78 is 37.1. The predicted molar refractivity (Wildman–Crippen MR) is 130 cm³/mol. The van der Waals surface area contributed by atoms with Crippen LogP contribution in [-0.4, -0.2) is 52.1 Å². The SMILES string of the molecule is C[C@H](C(=O)NCCSCc1c(Cl)cccc1Cl)N(c1ccc2c(c1)OCCO2)S(C)(=O)=O. The number of carbonyl (C=O) groups is 1. The highest BCUT2D eigenvalue weighted by Gasteiger charge is 2.30. The zero-order chi connectivity index (χ0) is 23.3. The Morgan fingerprint density at radius 2 is 1.81 bits per heavy atom. The van der Waals surface area contributed by atoms with E-state index in [1.807, 2.05) is 0 Å². The minimum atomic E-state index is -3.73. The first-order chi connectivity index (χ1) is 15.2. The van der Waals surface area contributed by atoms with Gasteiger partial charge >= 0.3 is 0 Å². The maximum Gasteiger partial charge on any atom is 0.243 e. The van der Waals surface area contributed by atoms with Crippen molar-refractivity contribution in [1.82, 2.24) is 5.32 Å². The summed E-state index contributed by atoms with van der Waals surface area (Å²) >= 11 is 13.9. The number of amides is 1. The van der Waals surface area contributed by atoms with Crippen molar-refractivity contribution >= 4 is 56.6 Å². The van der Waals surface area contributed by atoms with Gasteiger partial charge < -0.3 is 14.8 Å². The first-order valence-corrected chi connectivity index (χ1v) is 13.6. The molecule has 0 bridgehead atoms. The van der Waals surface area contributed by atoms with E-state index in [9.17, 15) is 13.2 Å². The fourth-order valence-electron chi connectivity index (χ4n) is 3.22. The number of fused-ring (bicyclic) bond motifs is 1. The third-order valence-electron chi connectivity index (χ3n) is 4.72. The van der Waals surface area contributed by atoms with Crippen LogP contribution in [0, 0.1) is 0 Å². The van der Waals surface area contributed by atoms with Gasteiger partial charge in [0, 0.05) is 34.2 Å². The number of halogens is 2. The molecular weight excluding hydrogens is 495 g/mol. The van der Waals surface area contributed by atoms with Crippen molar-refractivity contribution < 1.29 is 22.7 Å². The lowest BCUT2D eigenvalue weighted by atomic mass is 10.2. The van der Waals surface area contributed by atoms with Gasteiger partial charge in [-0.3, -0.25) is 9.10 Å². The maximum absolute atomic E-state index is 12.7. The highest BCUT2D eigenvalue weighted by atomic mass is 35.5. The third kappa shape index (κ3) is 6.15. The molecule has 0 aromatic heterocycles. The monoisotopic (exact) mass is 518 g/mol. The van der Waals surface area contributed by atoms with Crippen molar-refractivity contribution in [2.24, 2.45) is 0 Å². The average molecular weight is 519 g/mol. The second-order valence-corrected chi connectivity index (χ2v) is 10.9. The Hall–Kier alpha value is -1.81. The molecule has 7 nitrogen and oxygen atoms in total. The number of nitrogens with zero attached hydrogens (tertiary/aromatic N) is 1. The van der Waals surface area contributed by atoms with Crippen LogP contribution >= 0.6 is 35.0 Å². The summed E-state index contributed by atoms with van der Waals surface area (Å²) in [7, 11) is -3.73. The van der Waals surface area contributed by atoms with Gasteiger partial charge in [-0.1, -0.05) is 29.3 Å². The van der Waals surface area contributed by atoms with Crippen molar-refractivity contribution in [2.45, 2.75) is 18.7 Å². The lowest BCUT2D eigenvalue weighted by Gasteiger charge is -2.29. The number of hydrogen-bond donors (Lipinski definition) is 1. The van der Waals surface area contributed by atoms with Crippen LogP contribution in [0.3, 0.4) is 0 Å². The predicted octanol–water partition coefficient (Wildman–Crippen LogP) is 3.97. The average Bonchev–Trinajstić information content (AvgIpc) is 2.74. The number of anilines is 1. The Balaban J connectivity index is 1.59. The number of carbonyl (C=O) groups excluding carboxylic acids is 1. The van der Waals surface area contributed by atoms with Crippen LogP contribution in [0.15, 0.2) is 36.4 Å². The molecule has 1 heterocycles. The summed E-state index contributed by atoms with van der Waals surface area (Å²) in [5, 5.41) is 4.00. The minimum absolute atomic E-state index is 0.335. The molecule has 1 atom stereocenters. The van der Waals surface area contributed by atoms with E-state index in [1.54, 1.807) is 55.1 Å². The van der Waals surface area contributed by atoms with Gasteiger partial charge in [0.2, 0.25) is 15.9 Å². The van der Waals surface area contributed by atoms with Crippen LogP contribution < -0.4 is 19.1 Å². The quantitative estimate of drug-likeness (QED) is 0.505. The number of ether oxygens (including phenoxy) is 2. The van der Waals surface area contributed by atoms with Crippen molar-refractivity contribution in [3.63, 3.8) is 0 Å². The van der Waals surface area contributed by atoms with E-state index in [0.29, 0.717) is 58.5 Å². The van der Waals surface area contributed by atoms with Crippen molar-refractivity contribution in [2.75, 3.05) is 36.1 Å². The Kier molecular flexibility index (Phi) is 8.43. The van der Waals surface area contributed by atoms with Crippen LogP contribution in [0.25, 0.3) is 0 Å². The van der Waals surface area contributed by atoms with Gasteiger partial charge in [0.05, 0.1) is 11.9 Å². The Labute approximate surface area is 202 Å². The summed E-state index contributed by atoms with van der Waals surface area (Å²) in [6.45, 7) is 2.72. The molecule has 32 heavy (non-hydrogen) atoms. The molecule has 1 aliphatic rings. The second kappa shape index (κ2) is 10.9. The van der Waals surface area contributed by atoms with E-state index < -0.39 is 22.0 Å². The molecule has 0 aliphatic carbocycles. The van der Waals surface area contributed by atoms with Gasteiger partial charge in [0.1, 0.15) is 19.3 Å². The van der Waals surface area contributed by atoms with Gasteiger partial charge in [-0.05, 0) is 36.8 Å². The van der Waals surface area contributed by atoms with Gasteiger partial charge in [-0.15, -0.1) is 0 Å². The molecule has 1 aliphatic heterocycles.